The molecule has 5 aliphatic heterocycles. The summed E-state index contributed by atoms with van der Waals surface area (Å²) in [5, 5.41) is 101. The third-order valence-electron chi connectivity index (χ3n) is 19.9. The van der Waals surface area contributed by atoms with Crippen molar-refractivity contribution in [3.8, 4) is 23.0 Å². The molecule has 0 bridgehead atoms. The Kier molecular flexibility index (Phi) is 17.4. The summed E-state index contributed by atoms with van der Waals surface area (Å²) >= 11 is 0. The zero-order valence-electron chi connectivity index (χ0n) is 54.4. The van der Waals surface area contributed by atoms with Crippen molar-refractivity contribution in [3.63, 3.8) is 0 Å². The van der Waals surface area contributed by atoms with E-state index in [0.29, 0.717) is 21.9 Å². The van der Waals surface area contributed by atoms with Crippen LogP contribution >= 0.6 is 0 Å². The van der Waals surface area contributed by atoms with Crippen molar-refractivity contribution in [3.05, 3.63) is 149 Å². The molecule has 5 saturated heterocycles. The standard InChI is InChI=1S/C38H33O14.C34H36O14/c1-14-12-13-20-23-21(14)34(43)49-31-22-18(27(40)25(24(23)31)35(44)47-20)10-7-11-19(22)48-38-33(52-37-29(42)28(41)26(39)15(2)45-37)32-30(16(3)46-38)50-36(51-32)17-8-5-4-6-9-17;1-12-8-9-17-21-19(12)32(40)48-29-20-15(26(37)23(22(21)29)33(41)46-17)6-5-7-16(20)47-34-31(28(39)24(35)13(2)45-34)43-11-10-18-27(38)30(42-4)25(36)14(3)44-18/h4-13,15-16,26,28-30,32-33,36-40,42H,1-3H3;5-9,13-14,18,24-25,27-28,30-31,34-39H,10-11H2,1-4H3/q-1;/t15?,16-,26-,28?,29?,30-,32?,33?,36?,37+,38+;/m0./s1. The summed E-state index contributed by atoms with van der Waals surface area (Å²) in [4.78, 5) is 53.3. The van der Waals surface area contributed by atoms with Gasteiger partial charge in [-0.05, 0) is 83.4 Å². The molecule has 5 fully saturated rings. The molecule has 0 saturated carbocycles. The molecule has 16 rings (SSSR count). The summed E-state index contributed by atoms with van der Waals surface area (Å²) < 4.78 is 89.9. The second kappa shape index (κ2) is 25.8. The zero-order chi connectivity index (χ0) is 70.3. The minimum Gasteiger partial charge on any atom is -0.848 e. The number of aryl methyl sites for hydroxylation is 2. The van der Waals surface area contributed by atoms with Crippen molar-refractivity contribution in [2.75, 3.05) is 13.7 Å². The molecule has 8 N–H and O–H groups in total. The van der Waals surface area contributed by atoms with Crippen molar-refractivity contribution >= 4 is 87.0 Å². The van der Waals surface area contributed by atoms with Crippen LogP contribution in [-0.4, -0.2) is 177 Å². The third kappa shape index (κ3) is 10.9. The van der Waals surface area contributed by atoms with Gasteiger partial charge in [0.1, 0.15) is 93.8 Å². The van der Waals surface area contributed by atoms with E-state index in [9.17, 15) is 65.1 Å². The van der Waals surface area contributed by atoms with Crippen LogP contribution in [0.4, 0.5) is 0 Å². The number of aromatic hydroxyl groups is 2. The zero-order valence-corrected chi connectivity index (χ0v) is 54.4. The van der Waals surface area contributed by atoms with Crippen molar-refractivity contribution < 1.29 is 116 Å². The number of hydrogen-bond donors (Lipinski definition) is 8. The Balaban J connectivity index is 0.000000163. The highest BCUT2D eigenvalue weighted by Crippen LogP contribution is 2.49. The van der Waals surface area contributed by atoms with E-state index < -0.39 is 163 Å². The topological polar surface area (TPSA) is 407 Å². The fraction of sp³-hybridized carbons (Fsp3) is 0.417. The number of fused-ring (bicyclic) bond motifs is 5. The van der Waals surface area contributed by atoms with Crippen molar-refractivity contribution in [2.45, 2.75) is 177 Å². The lowest BCUT2D eigenvalue weighted by Crippen LogP contribution is -2.65. The first kappa shape index (κ1) is 67.3. The molecule has 100 heavy (non-hydrogen) atoms. The van der Waals surface area contributed by atoms with Gasteiger partial charge in [-0.2, -0.15) is 0 Å². The second-order valence-electron chi connectivity index (χ2n) is 26.1. The van der Waals surface area contributed by atoms with Crippen LogP contribution in [0.15, 0.2) is 128 Å². The first-order valence-corrected chi connectivity index (χ1v) is 32.6. The van der Waals surface area contributed by atoms with Crippen LogP contribution in [0.2, 0.25) is 0 Å². The number of phenolic OH excluding ortho intramolecular Hbond substituents is 2. The fourth-order valence-electron chi connectivity index (χ4n) is 14.7. The van der Waals surface area contributed by atoms with Crippen LogP contribution in [0.3, 0.4) is 0 Å². The SMILES string of the molecule is COC1C(O)C(C)OC(CCOC2C(Oc3cccc4c(O)c5c(=O)oc6ccc(C)c7c(=O)oc(c34)c5c67)OC(C)C(O)C2O)C1O.Cc1ccc2oc(=O)c3c(O)c4cccc(O[C@H]5O[C@@H](C)[C@@H]6OC(c7ccccc7)OC6C5O[C@H]5OC(C)[C@H](O)C([O-])C5O)c4c4oc(=O)c1c2c34. The number of phenols is 2. The Morgan fingerprint density at radius 1 is 0.440 bits per heavy atom. The molecular weight excluding hydrogens is 1310 g/mol. The van der Waals surface area contributed by atoms with E-state index in [2.05, 4.69) is 0 Å². The number of rotatable bonds is 12. The van der Waals surface area contributed by atoms with Crippen molar-refractivity contribution in [1.29, 1.82) is 0 Å². The van der Waals surface area contributed by atoms with Gasteiger partial charge in [0.05, 0.1) is 64.3 Å². The Bertz CT molecular complexity index is 5180. The van der Waals surface area contributed by atoms with E-state index in [0.717, 1.165) is 5.56 Å². The highest BCUT2D eigenvalue weighted by Gasteiger charge is 2.56. The number of hydrogen-bond acceptors (Lipinski definition) is 28. The van der Waals surface area contributed by atoms with E-state index in [1.54, 1.807) is 83.1 Å². The second-order valence-corrected chi connectivity index (χ2v) is 26.1. The van der Waals surface area contributed by atoms with Gasteiger partial charge in [-0.3, -0.25) is 0 Å². The Labute approximate surface area is 563 Å². The molecule has 0 spiro atoms. The van der Waals surface area contributed by atoms with Crippen molar-refractivity contribution in [1.82, 2.24) is 0 Å². The molecule has 16 unspecified atom stereocenters. The lowest BCUT2D eigenvalue weighted by molar-refractivity contribution is -0.490. The fourth-order valence-corrected chi connectivity index (χ4v) is 14.7. The average molecular weight is 1380 g/mol. The molecule has 9 heterocycles. The van der Waals surface area contributed by atoms with E-state index in [-0.39, 0.29) is 101 Å². The highest BCUT2D eigenvalue weighted by molar-refractivity contribution is 6.30. The number of aliphatic hydroxyl groups excluding tert-OH is 6. The first-order chi connectivity index (χ1) is 47.9. The van der Waals surface area contributed by atoms with Gasteiger partial charge in [-0.25, -0.2) is 19.2 Å². The van der Waals surface area contributed by atoms with Gasteiger partial charge in [0.25, 0.3) is 0 Å². The number of aliphatic hydroxyl groups is 6. The summed E-state index contributed by atoms with van der Waals surface area (Å²) in [7, 11) is 1.38. The molecule has 7 aromatic carbocycles. The normalized spacial score (nSPS) is 31.8. The molecule has 28 heteroatoms. The Morgan fingerprint density at radius 2 is 0.940 bits per heavy atom. The summed E-state index contributed by atoms with van der Waals surface area (Å²) in [6.45, 7) is 9.82. The smallest absolute Gasteiger partial charge is 0.348 e. The molecule has 28 nitrogen and oxygen atoms in total. The third-order valence-corrected chi connectivity index (χ3v) is 19.9. The summed E-state index contributed by atoms with van der Waals surface area (Å²) in [6.07, 6.45) is -23.8. The van der Waals surface area contributed by atoms with Gasteiger partial charge in [0.2, 0.25) is 12.6 Å². The van der Waals surface area contributed by atoms with E-state index in [1.165, 1.54) is 26.2 Å². The summed E-state index contributed by atoms with van der Waals surface area (Å²) in [6, 6.07) is 24.9. The molecule has 4 aromatic heterocycles. The maximum absolute atomic E-state index is 13.5. The molecule has 11 aromatic rings. The molecule has 0 amide bonds. The summed E-state index contributed by atoms with van der Waals surface area (Å²) in [5.74, 6) is -0.669. The van der Waals surface area contributed by atoms with E-state index >= 15 is 0 Å². The minimum absolute atomic E-state index is 0.0220. The van der Waals surface area contributed by atoms with Gasteiger partial charge in [0.15, 0.2) is 29.9 Å². The number of ether oxygens (including phenoxy) is 11. The molecule has 0 aliphatic carbocycles. The van der Waals surface area contributed by atoms with Crippen LogP contribution in [0.5, 0.6) is 23.0 Å². The van der Waals surface area contributed by atoms with Gasteiger partial charge in [0, 0.05) is 51.6 Å². The number of methoxy groups -OCH3 is 1. The van der Waals surface area contributed by atoms with E-state index in [1.807, 2.05) is 30.3 Å². The monoisotopic (exact) mass is 1380 g/mol. The summed E-state index contributed by atoms with van der Waals surface area (Å²) in [5.41, 5.74) is -0.864. The van der Waals surface area contributed by atoms with Crippen LogP contribution < -0.4 is 37.1 Å². The highest BCUT2D eigenvalue weighted by atomic mass is 16.8. The maximum Gasteiger partial charge on any atom is 0.348 e. The predicted octanol–water partition coefficient (Wildman–Crippen LogP) is 4.65. The molecule has 21 atom stereocenters. The van der Waals surface area contributed by atoms with Gasteiger partial charge >= 0.3 is 22.5 Å². The average Bonchev–Trinajstić information content (AvgIpc) is 1.33. The van der Waals surface area contributed by atoms with Gasteiger partial charge < -0.3 is 116 Å². The van der Waals surface area contributed by atoms with Gasteiger partial charge in [-0.1, -0.05) is 72.8 Å². The largest absolute Gasteiger partial charge is 0.848 e. The molecule has 526 valence electrons. The maximum atomic E-state index is 13.5. The Morgan fingerprint density at radius 3 is 1.50 bits per heavy atom. The predicted molar refractivity (Wildman–Crippen MR) is 350 cm³/mol. The van der Waals surface area contributed by atoms with Crippen LogP contribution in [0, 0.1) is 13.8 Å². The van der Waals surface area contributed by atoms with Crippen molar-refractivity contribution in [2.24, 2.45) is 0 Å². The molecule has 5 aliphatic rings. The Hall–Kier alpha value is -8.50. The quantitative estimate of drug-likeness (QED) is 0.0469. The lowest BCUT2D eigenvalue weighted by atomic mass is 9.94. The van der Waals surface area contributed by atoms with E-state index in [4.69, 9.17) is 69.8 Å². The minimum atomic E-state index is -1.83. The molecule has 0 radical (unpaired) electrons. The van der Waals surface area contributed by atoms with Crippen LogP contribution in [0.1, 0.15) is 57.1 Å². The number of benzene rings is 7. The molecular formula is C72H69O28-. The first-order valence-electron chi connectivity index (χ1n) is 32.6. The van der Waals surface area contributed by atoms with Crippen LogP contribution in [0.25, 0.3) is 87.0 Å². The van der Waals surface area contributed by atoms with Gasteiger partial charge in [-0.15, -0.1) is 0 Å². The van der Waals surface area contributed by atoms with Crippen LogP contribution in [-0.2, 0) is 42.6 Å². The lowest BCUT2D eigenvalue weighted by Gasteiger charge is -2.48.